The number of nitrogens with zero attached hydrogens (tertiary/aromatic N) is 6. The van der Waals surface area contributed by atoms with Crippen LogP contribution >= 0.6 is 0 Å². The number of carbonyl (C=O) groups is 1. The van der Waals surface area contributed by atoms with Gasteiger partial charge >= 0.3 is 0 Å². The summed E-state index contributed by atoms with van der Waals surface area (Å²) < 4.78 is 9.46. The minimum absolute atomic E-state index is 0.0894. The summed E-state index contributed by atoms with van der Waals surface area (Å²) in [5, 5.41) is 10.1. The van der Waals surface area contributed by atoms with Crippen molar-refractivity contribution in [1.29, 1.82) is 0 Å². The molecular weight excluding hydrogens is 466 g/mol. The Kier molecular flexibility index (Phi) is 5.12. The van der Waals surface area contributed by atoms with Crippen LogP contribution in [0.25, 0.3) is 21.8 Å². The lowest BCUT2D eigenvalue weighted by atomic mass is 10.0. The second-order valence-electron chi connectivity index (χ2n) is 9.36. The number of rotatable bonds is 2. The van der Waals surface area contributed by atoms with Crippen molar-refractivity contribution in [1.82, 2.24) is 29.4 Å². The highest BCUT2D eigenvalue weighted by Gasteiger charge is 2.31. The topological polar surface area (TPSA) is 104 Å². The molecule has 0 saturated heterocycles. The number of carbonyl (C=O) groups excluding carboxylic acids is 1. The Labute approximate surface area is 213 Å². The number of nitrogens with two attached hydrogens (primary N) is 1. The van der Waals surface area contributed by atoms with Crippen LogP contribution in [0.15, 0.2) is 48.9 Å². The second-order valence-corrected chi connectivity index (χ2v) is 9.36. The molecule has 6 rings (SSSR count). The molecule has 0 radical (unpaired) electrons. The van der Waals surface area contributed by atoms with E-state index in [0.29, 0.717) is 18.0 Å². The molecule has 2 aromatic carbocycles. The van der Waals surface area contributed by atoms with Crippen LogP contribution in [0.2, 0.25) is 0 Å². The molecular formula is C28H25N7O2. The van der Waals surface area contributed by atoms with E-state index in [4.69, 9.17) is 10.5 Å². The van der Waals surface area contributed by atoms with E-state index >= 15 is 0 Å². The number of likely N-dealkylation sites (N-methyl/N-ethyl adjacent to an activating group) is 1. The zero-order chi connectivity index (χ0) is 25.8. The summed E-state index contributed by atoms with van der Waals surface area (Å²) in [5.74, 6) is 7.35. The molecule has 9 nitrogen and oxygen atoms in total. The van der Waals surface area contributed by atoms with E-state index in [1.165, 1.54) is 0 Å². The Morgan fingerprint density at radius 3 is 2.70 bits per heavy atom. The maximum absolute atomic E-state index is 13.7. The Morgan fingerprint density at radius 1 is 1.11 bits per heavy atom. The van der Waals surface area contributed by atoms with Crippen LogP contribution in [-0.4, -0.2) is 49.0 Å². The van der Waals surface area contributed by atoms with Gasteiger partial charge in [-0.25, -0.2) is 4.98 Å². The van der Waals surface area contributed by atoms with E-state index in [2.05, 4.69) is 27.0 Å². The zero-order valence-electron chi connectivity index (χ0n) is 21.0. The van der Waals surface area contributed by atoms with Gasteiger partial charge in [-0.1, -0.05) is 17.9 Å². The summed E-state index contributed by atoms with van der Waals surface area (Å²) in [7, 11) is 5.53. The van der Waals surface area contributed by atoms with Crippen LogP contribution in [0.4, 0.5) is 5.82 Å². The first-order valence-corrected chi connectivity index (χ1v) is 11.9. The summed E-state index contributed by atoms with van der Waals surface area (Å²) in [6.45, 7) is 2.30. The van der Waals surface area contributed by atoms with Crippen molar-refractivity contribution in [3.8, 4) is 17.6 Å². The van der Waals surface area contributed by atoms with E-state index in [1.54, 1.807) is 26.7 Å². The van der Waals surface area contributed by atoms with Crippen LogP contribution in [0.1, 0.15) is 38.7 Å². The van der Waals surface area contributed by atoms with Crippen LogP contribution in [0, 0.1) is 18.8 Å². The fraction of sp³-hybridized carbons (Fsp3) is 0.214. The summed E-state index contributed by atoms with van der Waals surface area (Å²) in [4.78, 5) is 20.0. The average Bonchev–Trinajstić information content (AvgIpc) is 3.60. The molecule has 2 N–H and O–H groups in total. The molecule has 0 saturated carbocycles. The van der Waals surface area contributed by atoms with Crippen molar-refractivity contribution in [2.45, 2.75) is 13.0 Å². The van der Waals surface area contributed by atoms with Gasteiger partial charge < -0.3 is 15.4 Å². The van der Waals surface area contributed by atoms with Crippen LogP contribution in [0.3, 0.4) is 0 Å². The molecule has 1 aliphatic rings. The molecule has 5 aromatic rings. The van der Waals surface area contributed by atoms with Crippen LogP contribution in [-0.2, 0) is 14.1 Å². The van der Waals surface area contributed by atoms with Crippen molar-refractivity contribution in [2.24, 2.45) is 14.1 Å². The van der Waals surface area contributed by atoms with Crippen molar-refractivity contribution in [2.75, 3.05) is 19.4 Å². The van der Waals surface area contributed by atoms with Gasteiger partial charge in [-0.05, 0) is 36.8 Å². The molecule has 184 valence electrons. The zero-order valence-corrected chi connectivity index (χ0v) is 21.0. The number of hydrogen-bond acceptors (Lipinski definition) is 6. The highest BCUT2D eigenvalue weighted by molar-refractivity contribution is 6.10. The largest absolute Gasteiger partial charge is 0.491 e. The summed E-state index contributed by atoms with van der Waals surface area (Å²) in [5.41, 5.74) is 11.8. The molecule has 0 aliphatic carbocycles. The lowest BCUT2D eigenvalue weighted by Crippen LogP contribution is -2.32. The number of amides is 1. The van der Waals surface area contributed by atoms with Gasteiger partial charge in [0, 0.05) is 49.4 Å². The number of ether oxygens (including phenoxy) is 1. The van der Waals surface area contributed by atoms with Crippen molar-refractivity contribution >= 4 is 33.5 Å². The van der Waals surface area contributed by atoms with E-state index < -0.39 is 0 Å². The normalized spacial score (nSPS) is 14.3. The quantitative estimate of drug-likeness (QED) is 0.380. The second kappa shape index (κ2) is 8.38. The van der Waals surface area contributed by atoms with Gasteiger partial charge in [0.25, 0.3) is 5.91 Å². The number of fused-ring (bicyclic) bond motifs is 4. The Hall–Kier alpha value is -4.84. The number of anilines is 1. The minimum Gasteiger partial charge on any atom is -0.491 e. The van der Waals surface area contributed by atoms with Crippen molar-refractivity contribution < 1.29 is 9.53 Å². The number of aromatic nitrogens is 5. The third-order valence-electron chi connectivity index (χ3n) is 6.90. The molecule has 0 unspecified atom stereocenters. The lowest BCUT2D eigenvalue weighted by molar-refractivity contribution is 0.0708. The molecule has 1 aliphatic heterocycles. The highest BCUT2D eigenvalue weighted by Crippen LogP contribution is 2.37. The number of aryl methyl sites for hydroxylation is 3. The van der Waals surface area contributed by atoms with Crippen molar-refractivity contribution in [3.63, 3.8) is 0 Å². The maximum atomic E-state index is 13.7. The smallest absolute Gasteiger partial charge is 0.254 e. The third kappa shape index (κ3) is 3.74. The maximum Gasteiger partial charge on any atom is 0.254 e. The number of benzene rings is 2. The predicted molar refractivity (Wildman–Crippen MR) is 141 cm³/mol. The average molecular weight is 492 g/mol. The van der Waals surface area contributed by atoms with E-state index in [0.717, 1.165) is 49.8 Å². The molecule has 37 heavy (non-hydrogen) atoms. The van der Waals surface area contributed by atoms with Gasteiger partial charge in [-0.3, -0.25) is 14.2 Å². The van der Waals surface area contributed by atoms with Gasteiger partial charge in [0.05, 0.1) is 40.4 Å². The Bertz CT molecular complexity index is 1790. The first kappa shape index (κ1) is 22.6. The van der Waals surface area contributed by atoms with Gasteiger partial charge in [-0.2, -0.15) is 10.2 Å². The van der Waals surface area contributed by atoms with Crippen molar-refractivity contribution in [3.05, 3.63) is 76.7 Å². The number of hydrogen-bond donors (Lipinski definition) is 1. The minimum atomic E-state index is -0.209. The molecule has 1 atom stereocenters. The first-order chi connectivity index (χ1) is 17.8. The van der Waals surface area contributed by atoms with E-state index in [-0.39, 0.29) is 11.9 Å². The summed E-state index contributed by atoms with van der Waals surface area (Å²) in [6.07, 6.45) is 5.30. The number of nitrogen functional groups attached to an aromatic ring is 1. The Morgan fingerprint density at radius 2 is 1.92 bits per heavy atom. The van der Waals surface area contributed by atoms with Crippen LogP contribution < -0.4 is 10.5 Å². The fourth-order valence-corrected chi connectivity index (χ4v) is 4.89. The van der Waals surface area contributed by atoms with E-state index in [1.807, 2.05) is 64.6 Å². The predicted octanol–water partition coefficient (Wildman–Crippen LogP) is 3.35. The monoisotopic (exact) mass is 491 g/mol. The molecule has 0 fully saturated rings. The first-order valence-electron chi connectivity index (χ1n) is 11.9. The SMILES string of the molecule is Cc1cc2nc(N)c3cnn(C)c3c2cc1C(=O)N(C)[C@@H]1COc2cc(C#Cc3cnn(C)c3)ccc21. The Balaban J connectivity index is 1.32. The summed E-state index contributed by atoms with van der Waals surface area (Å²) >= 11 is 0. The lowest BCUT2D eigenvalue weighted by Gasteiger charge is -2.24. The third-order valence-corrected chi connectivity index (χ3v) is 6.90. The van der Waals surface area contributed by atoms with Gasteiger partial charge in [-0.15, -0.1) is 0 Å². The highest BCUT2D eigenvalue weighted by atomic mass is 16.5. The molecule has 0 spiro atoms. The van der Waals surface area contributed by atoms with E-state index in [9.17, 15) is 4.79 Å². The fourth-order valence-electron chi connectivity index (χ4n) is 4.89. The molecule has 0 bridgehead atoms. The standard InChI is InChI=1S/C28H25N7O2/c1-16-9-23-21(26-22(27(29)32-23)13-31-35(26)4)11-20(16)28(36)34(3)24-15-37-25-10-17(7-8-19(24)25)5-6-18-12-30-33(2)14-18/h7-14,24H,15H2,1-4H3,(H2,29,32)/t24-/m1/s1. The number of pyridine rings is 1. The van der Waals surface area contributed by atoms with Gasteiger partial charge in [0.1, 0.15) is 18.2 Å². The van der Waals surface area contributed by atoms with Gasteiger partial charge in [0.15, 0.2) is 0 Å². The van der Waals surface area contributed by atoms with Crippen LogP contribution in [0.5, 0.6) is 5.75 Å². The molecule has 4 heterocycles. The summed E-state index contributed by atoms with van der Waals surface area (Å²) in [6, 6.07) is 9.47. The molecule has 3 aromatic heterocycles. The molecule has 1 amide bonds. The molecule has 9 heteroatoms. The van der Waals surface area contributed by atoms with Gasteiger partial charge in [0.2, 0.25) is 0 Å².